The highest BCUT2D eigenvalue weighted by molar-refractivity contribution is 8.03. The van der Waals surface area contributed by atoms with Gasteiger partial charge in [0.2, 0.25) is 0 Å². The number of aromatic nitrogens is 3. The van der Waals surface area contributed by atoms with Gasteiger partial charge in [-0.05, 0) is 83.9 Å². The maximum Gasteiger partial charge on any atom is 0.162 e. The van der Waals surface area contributed by atoms with Crippen molar-refractivity contribution in [2.75, 3.05) is 11.4 Å². The molecule has 330 valence electrons. The maximum absolute atomic E-state index is 5.47. The fourth-order valence-electron chi connectivity index (χ4n) is 9.11. The van der Waals surface area contributed by atoms with Gasteiger partial charge in [-0.3, -0.25) is 4.57 Å². The lowest BCUT2D eigenvalue weighted by Gasteiger charge is -2.35. The number of rotatable bonds is 11. The SMILES string of the molecule is C=CCC(C)/C=C\CN1C2=C(CCC=C2)Sc2ccc(-c3cccc4c5c6ccccc6ccc5n(-c5cc(-c6ccccc6)nc(-c6ccc(/C(C=C)=C/C)cc6)n5)c34)cc21.CC.CC. The van der Waals surface area contributed by atoms with E-state index in [1.807, 2.05) is 64.6 Å². The van der Waals surface area contributed by atoms with E-state index < -0.39 is 0 Å². The van der Waals surface area contributed by atoms with Crippen LogP contribution in [0.4, 0.5) is 5.69 Å². The van der Waals surface area contributed by atoms with Gasteiger partial charge in [-0.15, -0.1) is 6.58 Å². The van der Waals surface area contributed by atoms with Gasteiger partial charge in [-0.2, -0.15) is 0 Å². The van der Waals surface area contributed by atoms with Crippen LogP contribution in [0.2, 0.25) is 0 Å². The van der Waals surface area contributed by atoms with E-state index >= 15 is 0 Å². The first kappa shape index (κ1) is 45.6. The number of thioether (sulfide) groups is 1. The summed E-state index contributed by atoms with van der Waals surface area (Å²) in [5, 5.41) is 4.83. The van der Waals surface area contributed by atoms with Crippen LogP contribution >= 0.6 is 11.8 Å². The van der Waals surface area contributed by atoms with E-state index in [-0.39, 0.29) is 0 Å². The molecule has 8 aromatic rings. The molecule has 0 radical (unpaired) electrons. The zero-order valence-electron chi connectivity index (χ0n) is 39.3. The zero-order valence-corrected chi connectivity index (χ0v) is 40.1. The maximum atomic E-state index is 5.47. The largest absolute Gasteiger partial charge is 0.336 e. The van der Waals surface area contributed by atoms with E-state index in [0.29, 0.717) is 11.7 Å². The Labute approximate surface area is 396 Å². The first-order valence-corrected chi connectivity index (χ1v) is 24.4. The topological polar surface area (TPSA) is 34.0 Å². The normalized spacial score (nSPS) is 13.8. The van der Waals surface area contributed by atoms with Crippen LogP contribution in [0.3, 0.4) is 0 Å². The molecule has 5 heteroatoms. The Balaban J connectivity index is 0.00000144. The van der Waals surface area contributed by atoms with Crippen LogP contribution in [0.25, 0.3) is 77.7 Å². The average Bonchev–Trinajstić information content (AvgIpc) is 3.73. The van der Waals surface area contributed by atoms with Crippen molar-refractivity contribution in [1.82, 2.24) is 14.5 Å². The molecule has 1 aliphatic heterocycles. The van der Waals surface area contributed by atoms with Crippen molar-refractivity contribution in [1.29, 1.82) is 0 Å². The molecule has 10 rings (SSSR count). The highest BCUT2D eigenvalue weighted by atomic mass is 32.2. The molecule has 0 bridgehead atoms. The van der Waals surface area contributed by atoms with Crippen molar-refractivity contribution in [3.05, 3.63) is 205 Å². The third-order valence-corrected chi connectivity index (χ3v) is 13.4. The summed E-state index contributed by atoms with van der Waals surface area (Å²) in [6.07, 6.45) is 18.4. The molecule has 0 amide bonds. The van der Waals surface area contributed by atoms with E-state index in [9.17, 15) is 0 Å². The molecule has 0 fully saturated rings. The number of fused-ring (bicyclic) bond motifs is 6. The minimum Gasteiger partial charge on any atom is -0.336 e. The number of allylic oxidation sites excluding steroid dienone is 8. The Morgan fingerprint density at radius 2 is 1.53 bits per heavy atom. The van der Waals surface area contributed by atoms with Gasteiger partial charge in [-0.25, -0.2) is 9.97 Å². The summed E-state index contributed by atoms with van der Waals surface area (Å²) in [6.45, 7) is 21.1. The Hall–Kier alpha value is -6.95. The number of anilines is 1. The van der Waals surface area contributed by atoms with E-state index in [4.69, 9.17) is 9.97 Å². The van der Waals surface area contributed by atoms with Gasteiger partial charge in [0.1, 0.15) is 5.82 Å². The molecule has 1 unspecified atom stereocenters. The first-order chi connectivity index (χ1) is 32.5. The number of para-hydroxylation sites is 1. The van der Waals surface area contributed by atoms with Gasteiger partial charge in [0, 0.05) is 49.9 Å². The Kier molecular flexibility index (Phi) is 14.5. The van der Waals surface area contributed by atoms with Gasteiger partial charge in [-0.1, -0.05) is 199 Å². The smallest absolute Gasteiger partial charge is 0.162 e. The summed E-state index contributed by atoms with van der Waals surface area (Å²) in [5.74, 6) is 1.93. The summed E-state index contributed by atoms with van der Waals surface area (Å²) < 4.78 is 2.38. The molecule has 0 spiro atoms. The molecule has 2 aromatic heterocycles. The summed E-state index contributed by atoms with van der Waals surface area (Å²) >= 11 is 1.93. The lowest BCUT2D eigenvalue weighted by Crippen LogP contribution is -2.26. The molecule has 3 heterocycles. The molecular formula is C61H60N4S. The second-order valence-corrected chi connectivity index (χ2v) is 17.3. The molecule has 0 saturated carbocycles. The predicted octanol–water partition coefficient (Wildman–Crippen LogP) is 17.6. The molecule has 1 atom stereocenters. The predicted molar refractivity (Wildman–Crippen MR) is 288 cm³/mol. The first-order valence-electron chi connectivity index (χ1n) is 23.6. The quantitative estimate of drug-likeness (QED) is 0.0957. The van der Waals surface area contributed by atoms with Crippen LogP contribution in [0.1, 0.15) is 66.4 Å². The van der Waals surface area contributed by atoms with Crippen molar-refractivity contribution < 1.29 is 0 Å². The standard InChI is InChI=1S/C57H48N4S.2C2H6/c1-5-17-38(4)18-16-35-60-49-25-13-14-26-52(49)62-53-34-32-44(36-51(53)60)46-23-15-24-47-55-45-22-12-11-19-41(45)31-33-50(55)61(56(46)47)54-37-48(42-20-9-8-10-21-42)58-57(59-54)43-29-27-40(28-30-43)39(6-2)7-3;2*1-2/h5-13,15-16,18-25,27-34,36-38H,1-2,14,17,26,35H2,3-4H3;2*1-2H3/b18-16-,39-7+;;. The van der Waals surface area contributed by atoms with Crippen molar-refractivity contribution >= 4 is 55.6 Å². The minimum atomic E-state index is 0.441. The van der Waals surface area contributed by atoms with Crippen LogP contribution in [0, 0.1) is 5.92 Å². The molecule has 4 nitrogen and oxygen atoms in total. The minimum absolute atomic E-state index is 0.441. The van der Waals surface area contributed by atoms with Gasteiger partial charge in [0.05, 0.1) is 28.1 Å². The van der Waals surface area contributed by atoms with Crippen LogP contribution < -0.4 is 4.90 Å². The molecule has 0 saturated heterocycles. The highest BCUT2D eigenvalue weighted by Crippen LogP contribution is 2.49. The fraction of sp³-hybridized carbons (Fsp3) is 0.180. The van der Waals surface area contributed by atoms with Gasteiger partial charge in [0.15, 0.2) is 5.82 Å². The summed E-state index contributed by atoms with van der Waals surface area (Å²) in [5.41, 5.74) is 12.1. The fourth-order valence-corrected chi connectivity index (χ4v) is 10.3. The third kappa shape index (κ3) is 8.88. The number of benzene rings is 6. The number of nitrogens with zero attached hydrogens (tertiary/aromatic N) is 4. The van der Waals surface area contributed by atoms with Crippen LogP contribution in [-0.4, -0.2) is 21.1 Å². The molecular weight excluding hydrogens is 821 g/mol. The van der Waals surface area contributed by atoms with Gasteiger partial charge in [0.25, 0.3) is 0 Å². The van der Waals surface area contributed by atoms with Crippen molar-refractivity contribution in [3.8, 4) is 39.6 Å². The summed E-state index contributed by atoms with van der Waals surface area (Å²) in [6, 6.07) is 48.2. The third-order valence-electron chi connectivity index (χ3n) is 12.2. The molecule has 0 N–H and O–H groups in total. The Morgan fingerprint density at radius 1 is 0.773 bits per heavy atom. The number of hydrogen-bond donors (Lipinski definition) is 0. The highest BCUT2D eigenvalue weighted by Gasteiger charge is 2.27. The summed E-state index contributed by atoms with van der Waals surface area (Å²) in [4.78, 5) is 16.0. The lowest BCUT2D eigenvalue weighted by atomic mass is 9.99. The lowest BCUT2D eigenvalue weighted by molar-refractivity contribution is 0.742. The average molecular weight is 881 g/mol. The van der Waals surface area contributed by atoms with Gasteiger partial charge < -0.3 is 4.90 Å². The van der Waals surface area contributed by atoms with Crippen molar-refractivity contribution in [2.24, 2.45) is 5.92 Å². The van der Waals surface area contributed by atoms with E-state index in [1.165, 1.54) is 42.7 Å². The zero-order chi connectivity index (χ0) is 46.2. The monoisotopic (exact) mass is 880 g/mol. The second kappa shape index (κ2) is 20.9. The van der Waals surface area contributed by atoms with Crippen LogP contribution in [-0.2, 0) is 0 Å². The Morgan fingerprint density at radius 3 is 2.30 bits per heavy atom. The van der Waals surface area contributed by atoms with Crippen molar-refractivity contribution in [2.45, 2.75) is 65.7 Å². The molecule has 1 aliphatic carbocycles. The van der Waals surface area contributed by atoms with Crippen LogP contribution in [0.15, 0.2) is 205 Å². The van der Waals surface area contributed by atoms with Gasteiger partial charge >= 0.3 is 0 Å². The molecule has 6 aromatic carbocycles. The van der Waals surface area contributed by atoms with Crippen molar-refractivity contribution in [3.63, 3.8) is 0 Å². The molecule has 2 aliphatic rings. The second-order valence-electron chi connectivity index (χ2n) is 16.1. The number of hydrogen-bond acceptors (Lipinski definition) is 4. The Bertz CT molecular complexity index is 3160. The van der Waals surface area contributed by atoms with E-state index in [0.717, 1.165) is 81.7 Å². The van der Waals surface area contributed by atoms with E-state index in [1.54, 1.807) is 0 Å². The van der Waals surface area contributed by atoms with E-state index in [2.05, 4.69) is 187 Å². The summed E-state index contributed by atoms with van der Waals surface area (Å²) in [7, 11) is 0. The molecule has 66 heavy (non-hydrogen) atoms. The van der Waals surface area contributed by atoms with Crippen LogP contribution in [0.5, 0.6) is 0 Å².